The van der Waals surface area contributed by atoms with Crippen LogP contribution in [0.5, 0.6) is 5.75 Å². The normalized spacial score (nSPS) is 18.2. The SMILES string of the molecule is C=CC(=O)N1CC(C)N(c2nc(=O)n3c4nc(c(F)cc24)-n2nncc2CCCOc2ccnc(C(C)C)c2-3)CC1CC#N. The number of amides is 1. The second-order valence-corrected chi connectivity index (χ2v) is 11.2. The minimum Gasteiger partial charge on any atom is -0.491 e. The molecule has 1 fully saturated rings. The first kappa shape index (κ1) is 28.9. The van der Waals surface area contributed by atoms with Crippen LogP contribution in [0.4, 0.5) is 10.2 Å². The van der Waals surface area contributed by atoms with E-state index in [2.05, 4.69) is 32.9 Å². The van der Waals surface area contributed by atoms with Gasteiger partial charge in [0, 0.05) is 31.4 Å². The third-order valence-corrected chi connectivity index (χ3v) is 8.02. The molecule has 2 aliphatic rings. The molecular weight excluding hydrogens is 567 g/mol. The molecular formula is C30H31FN10O3. The maximum Gasteiger partial charge on any atom is 0.356 e. The number of ether oxygens (including phenoxy) is 1. The topological polar surface area (TPSA) is 148 Å². The number of nitriles is 1. The number of fused-ring (bicyclic) bond motifs is 5. The van der Waals surface area contributed by atoms with Gasteiger partial charge >= 0.3 is 5.69 Å². The molecule has 1 amide bonds. The van der Waals surface area contributed by atoms with Gasteiger partial charge in [-0.2, -0.15) is 14.9 Å². The van der Waals surface area contributed by atoms with Gasteiger partial charge in [-0.15, -0.1) is 5.10 Å². The highest BCUT2D eigenvalue weighted by Gasteiger charge is 2.36. The molecule has 1 saturated heterocycles. The van der Waals surface area contributed by atoms with E-state index in [1.165, 1.54) is 21.4 Å². The summed E-state index contributed by atoms with van der Waals surface area (Å²) in [6, 6.07) is 4.30. The maximum atomic E-state index is 16.1. The summed E-state index contributed by atoms with van der Waals surface area (Å²) in [4.78, 5) is 44.0. The molecule has 0 aromatic carbocycles. The van der Waals surface area contributed by atoms with Crippen molar-refractivity contribution in [1.29, 1.82) is 5.26 Å². The number of piperazine rings is 1. The summed E-state index contributed by atoms with van der Waals surface area (Å²) in [5.41, 5.74) is 1.08. The number of carbonyl (C=O) groups is 1. The van der Waals surface area contributed by atoms with Crippen molar-refractivity contribution in [2.24, 2.45) is 0 Å². The molecule has 6 rings (SSSR count). The zero-order valence-electron chi connectivity index (χ0n) is 24.6. The van der Waals surface area contributed by atoms with Crippen molar-refractivity contribution in [3.63, 3.8) is 0 Å². The predicted octanol–water partition coefficient (Wildman–Crippen LogP) is 2.85. The molecule has 226 valence electrons. The van der Waals surface area contributed by atoms with Gasteiger partial charge in [-0.05, 0) is 37.8 Å². The van der Waals surface area contributed by atoms with Crippen LogP contribution in [0.15, 0.2) is 42.0 Å². The van der Waals surface area contributed by atoms with Gasteiger partial charge < -0.3 is 14.5 Å². The fourth-order valence-corrected chi connectivity index (χ4v) is 5.92. The zero-order chi connectivity index (χ0) is 31.1. The van der Waals surface area contributed by atoms with E-state index in [0.717, 1.165) is 0 Å². The van der Waals surface area contributed by atoms with Gasteiger partial charge in [0.25, 0.3) is 0 Å². The van der Waals surface area contributed by atoms with Gasteiger partial charge in [-0.25, -0.2) is 18.7 Å². The molecule has 4 aromatic rings. The van der Waals surface area contributed by atoms with E-state index < -0.39 is 17.5 Å². The third kappa shape index (κ3) is 4.83. The number of pyridine rings is 2. The van der Waals surface area contributed by atoms with E-state index >= 15 is 4.39 Å². The van der Waals surface area contributed by atoms with Gasteiger partial charge in [0.05, 0.1) is 48.1 Å². The lowest BCUT2D eigenvalue weighted by Crippen LogP contribution is -2.59. The Morgan fingerprint density at radius 3 is 2.86 bits per heavy atom. The molecule has 0 saturated carbocycles. The smallest absolute Gasteiger partial charge is 0.356 e. The van der Waals surface area contributed by atoms with E-state index in [-0.39, 0.29) is 60.0 Å². The largest absolute Gasteiger partial charge is 0.491 e. The first-order valence-corrected chi connectivity index (χ1v) is 14.4. The molecule has 2 atom stereocenters. The summed E-state index contributed by atoms with van der Waals surface area (Å²) in [6.07, 6.45) is 5.54. The number of rotatable bonds is 4. The summed E-state index contributed by atoms with van der Waals surface area (Å²) in [5, 5.41) is 17.9. The third-order valence-electron chi connectivity index (χ3n) is 8.02. The molecule has 2 unspecified atom stereocenters. The zero-order valence-corrected chi connectivity index (χ0v) is 24.6. The number of aryl methyl sites for hydroxylation is 1. The first-order valence-electron chi connectivity index (χ1n) is 14.4. The molecule has 0 N–H and O–H groups in total. The average Bonchev–Trinajstić information content (AvgIpc) is 3.47. The number of halogens is 1. The lowest BCUT2D eigenvalue weighted by Gasteiger charge is -2.45. The van der Waals surface area contributed by atoms with Crippen molar-refractivity contribution < 1.29 is 13.9 Å². The maximum absolute atomic E-state index is 16.1. The van der Waals surface area contributed by atoms with Gasteiger partial charge in [-0.3, -0.25) is 9.78 Å². The van der Waals surface area contributed by atoms with Gasteiger partial charge in [0.15, 0.2) is 17.3 Å². The van der Waals surface area contributed by atoms with E-state index in [1.807, 2.05) is 25.7 Å². The number of carbonyl (C=O) groups excluding carboxylic acids is 1. The first-order chi connectivity index (χ1) is 21.2. The van der Waals surface area contributed by atoms with E-state index in [0.29, 0.717) is 42.3 Å². The van der Waals surface area contributed by atoms with E-state index in [9.17, 15) is 14.9 Å². The number of hydrogen-bond donors (Lipinski definition) is 0. The highest BCUT2D eigenvalue weighted by molar-refractivity contribution is 5.90. The number of hydrogen-bond acceptors (Lipinski definition) is 10. The summed E-state index contributed by atoms with van der Waals surface area (Å²) in [5.74, 6) is -0.553. The van der Waals surface area contributed by atoms with Gasteiger partial charge in [0.1, 0.15) is 17.3 Å². The standard InChI is InChI=1S/C30H31FN10O3/c1-5-24(42)39-15-18(4)38(16-20(39)8-10-32)27-21-13-22(31)29-35-28(21)40(30(43)36-27)26-23(9-11-33-25(26)17(2)3)44-12-6-7-19-14-34-37-41(19)29/h5,9,11,13-14,17-18,20H,1,6-8,12,15-16H2,2-4H3. The summed E-state index contributed by atoms with van der Waals surface area (Å²) in [7, 11) is 0. The Balaban J connectivity index is 1.65. The second kappa shape index (κ2) is 11.5. The highest BCUT2D eigenvalue weighted by Crippen LogP contribution is 2.35. The number of nitrogens with zero attached hydrogens (tertiary/aromatic N) is 10. The Hall–Kier alpha value is -5.19. The van der Waals surface area contributed by atoms with Crippen molar-refractivity contribution in [3.8, 4) is 23.3 Å². The molecule has 13 nitrogen and oxygen atoms in total. The lowest BCUT2D eigenvalue weighted by atomic mass is 10.0. The van der Waals surface area contributed by atoms with Crippen LogP contribution in [0, 0.1) is 17.1 Å². The molecule has 6 heterocycles. The van der Waals surface area contributed by atoms with Crippen LogP contribution in [0.3, 0.4) is 0 Å². The fraction of sp³-hybridized carbons (Fsp3) is 0.400. The Labute approximate surface area is 252 Å². The van der Waals surface area contributed by atoms with E-state index in [1.54, 1.807) is 23.4 Å². The van der Waals surface area contributed by atoms with Crippen LogP contribution >= 0.6 is 0 Å². The van der Waals surface area contributed by atoms with Crippen LogP contribution in [0.1, 0.15) is 50.9 Å². The van der Waals surface area contributed by atoms with E-state index in [4.69, 9.17) is 9.72 Å². The number of aromatic nitrogens is 7. The minimum atomic E-state index is -0.678. The van der Waals surface area contributed by atoms with Crippen LogP contribution in [0.2, 0.25) is 0 Å². The van der Waals surface area contributed by atoms with Crippen molar-refractivity contribution in [1.82, 2.24) is 39.4 Å². The Morgan fingerprint density at radius 1 is 1.30 bits per heavy atom. The quantitative estimate of drug-likeness (QED) is 0.321. The molecule has 0 aliphatic carbocycles. The van der Waals surface area contributed by atoms with Crippen molar-refractivity contribution in [2.45, 2.75) is 58.0 Å². The van der Waals surface area contributed by atoms with Gasteiger partial charge in [-0.1, -0.05) is 25.6 Å². The fourth-order valence-electron chi connectivity index (χ4n) is 5.92. The van der Waals surface area contributed by atoms with Crippen molar-refractivity contribution >= 4 is 22.8 Å². The van der Waals surface area contributed by atoms with Gasteiger partial charge in [0.2, 0.25) is 5.91 Å². The molecule has 4 aromatic heterocycles. The predicted molar refractivity (Wildman–Crippen MR) is 158 cm³/mol. The van der Waals surface area contributed by atoms with Crippen LogP contribution < -0.4 is 15.3 Å². The Kier molecular flexibility index (Phi) is 7.54. The number of anilines is 1. The molecule has 0 radical (unpaired) electrons. The molecule has 44 heavy (non-hydrogen) atoms. The highest BCUT2D eigenvalue weighted by atomic mass is 19.1. The molecule has 2 aliphatic heterocycles. The summed E-state index contributed by atoms with van der Waals surface area (Å²) >= 11 is 0. The van der Waals surface area contributed by atoms with Crippen LogP contribution in [0.25, 0.3) is 22.5 Å². The average molecular weight is 599 g/mol. The molecule has 14 heteroatoms. The second-order valence-electron chi connectivity index (χ2n) is 11.2. The Bertz CT molecular complexity index is 1880. The molecule has 0 spiro atoms. The van der Waals surface area contributed by atoms with Crippen molar-refractivity contribution in [2.75, 3.05) is 24.6 Å². The Morgan fingerprint density at radius 2 is 2.11 bits per heavy atom. The van der Waals surface area contributed by atoms with Crippen molar-refractivity contribution in [3.05, 3.63) is 64.9 Å². The van der Waals surface area contributed by atoms with Crippen LogP contribution in [-0.2, 0) is 11.2 Å². The summed E-state index contributed by atoms with van der Waals surface area (Å²) in [6.45, 7) is 10.1. The molecule has 2 bridgehead atoms. The summed E-state index contributed by atoms with van der Waals surface area (Å²) < 4.78 is 24.9. The minimum absolute atomic E-state index is 0.0533. The lowest BCUT2D eigenvalue weighted by molar-refractivity contribution is -0.129. The van der Waals surface area contributed by atoms with Crippen LogP contribution in [-0.4, -0.2) is 77.1 Å². The monoisotopic (exact) mass is 598 g/mol.